The van der Waals surface area contributed by atoms with Crippen molar-refractivity contribution in [3.63, 3.8) is 0 Å². The minimum atomic E-state index is 0.611. The molecule has 39 valence electrons. The minimum Gasteiger partial charge on any atom is -0.298 e. The summed E-state index contributed by atoms with van der Waals surface area (Å²) in [6.07, 6.45) is 4.82. The van der Waals surface area contributed by atoms with Gasteiger partial charge in [0, 0.05) is 11.8 Å². The summed E-state index contributed by atoms with van der Waals surface area (Å²) in [4.78, 5) is 13.6. The molecule has 1 heterocycles. The Morgan fingerprint density at radius 3 is 3.00 bits per heavy atom. The molecule has 2 heteroatoms. The van der Waals surface area contributed by atoms with Crippen molar-refractivity contribution in [3.8, 4) is 0 Å². The van der Waals surface area contributed by atoms with E-state index in [0.29, 0.717) is 5.56 Å². The third kappa shape index (κ3) is 0.904. The van der Waals surface area contributed by atoms with E-state index in [2.05, 4.69) is 11.2 Å². The quantitative estimate of drug-likeness (QED) is 0.493. The second kappa shape index (κ2) is 2.21. The van der Waals surface area contributed by atoms with Crippen LogP contribution in [0.1, 0.15) is 10.4 Å². The van der Waals surface area contributed by atoms with Crippen LogP contribution >= 0.6 is 0 Å². The number of rotatable bonds is 1. The fourth-order valence-electron chi connectivity index (χ4n) is 0.400. The summed E-state index contributed by atoms with van der Waals surface area (Å²) < 4.78 is 0. The van der Waals surface area contributed by atoms with E-state index in [0.717, 1.165) is 6.29 Å². The average molecular weight is 106 g/mol. The Morgan fingerprint density at radius 2 is 2.62 bits per heavy atom. The van der Waals surface area contributed by atoms with E-state index in [1.165, 1.54) is 12.3 Å². The molecule has 0 spiro atoms. The normalized spacial score (nSPS) is 8.50. The molecular weight excluding hydrogens is 102 g/mol. The van der Waals surface area contributed by atoms with Gasteiger partial charge in [-0.25, -0.2) is 0 Å². The molecule has 0 aliphatic heterocycles. The summed E-state index contributed by atoms with van der Waals surface area (Å²) in [6, 6.07) is 3.16. The zero-order valence-corrected chi connectivity index (χ0v) is 4.16. The first-order valence-corrected chi connectivity index (χ1v) is 2.21. The summed E-state index contributed by atoms with van der Waals surface area (Å²) in [5.74, 6) is 0. The third-order valence-corrected chi connectivity index (χ3v) is 0.783. The van der Waals surface area contributed by atoms with Crippen LogP contribution in [0.5, 0.6) is 0 Å². The summed E-state index contributed by atoms with van der Waals surface area (Å²) >= 11 is 0. The smallest absolute Gasteiger partial charge is 0.150 e. The topological polar surface area (TPSA) is 30.0 Å². The van der Waals surface area contributed by atoms with Crippen molar-refractivity contribution in [2.24, 2.45) is 0 Å². The van der Waals surface area contributed by atoms with Gasteiger partial charge >= 0.3 is 0 Å². The van der Waals surface area contributed by atoms with Crippen LogP contribution in [0.4, 0.5) is 0 Å². The van der Waals surface area contributed by atoms with E-state index in [9.17, 15) is 4.79 Å². The van der Waals surface area contributed by atoms with Crippen LogP contribution in [0.15, 0.2) is 18.3 Å². The molecule has 0 aliphatic rings. The van der Waals surface area contributed by atoms with Gasteiger partial charge in [0.25, 0.3) is 0 Å². The van der Waals surface area contributed by atoms with Crippen LogP contribution in [0.3, 0.4) is 0 Å². The van der Waals surface area contributed by atoms with Crippen molar-refractivity contribution < 1.29 is 4.79 Å². The third-order valence-electron chi connectivity index (χ3n) is 0.783. The lowest BCUT2D eigenvalue weighted by molar-refractivity contribution is 0.112. The van der Waals surface area contributed by atoms with Gasteiger partial charge in [0.2, 0.25) is 0 Å². The van der Waals surface area contributed by atoms with Crippen LogP contribution in [-0.4, -0.2) is 11.3 Å². The predicted octanol–water partition coefficient (Wildman–Crippen LogP) is 0.694. The first-order chi connectivity index (χ1) is 3.93. The lowest BCUT2D eigenvalue weighted by Crippen LogP contribution is -1.77. The predicted molar refractivity (Wildman–Crippen MR) is 28.5 cm³/mol. The number of hydrogen-bond acceptors (Lipinski definition) is 2. The Morgan fingerprint density at radius 1 is 1.75 bits per heavy atom. The number of pyridine rings is 1. The van der Waals surface area contributed by atoms with E-state index in [1.807, 2.05) is 0 Å². The molecule has 0 aliphatic carbocycles. The molecule has 0 amide bonds. The maximum absolute atomic E-state index is 9.96. The highest BCUT2D eigenvalue weighted by Crippen LogP contribution is 1.87. The van der Waals surface area contributed by atoms with Gasteiger partial charge in [-0.05, 0) is 12.1 Å². The molecule has 0 saturated carbocycles. The number of nitrogens with zero attached hydrogens (tertiary/aromatic N) is 1. The first kappa shape index (κ1) is 4.97. The fourth-order valence-corrected chi connectivity index (χ4v) is 0.400. The summed E-state index contributed by atoms with van der Waals surface area (Å²) in [5.41, 5.74) is 0.611. The molecule has 0 atom stereocenters. The lowest BCUT2D eigenvalue weighted by Gasteiger charge is -1.80. The fraction of sp³-hybridized carbons (Fsp3) is 0. The standard InChI is InChI=1S/C6H4NO/c8-5-6-1-3-7-4-2-6/h1-3,5H. The van der Waals surface area contributed by atoms with Gasteiger partial charge in [0.05, 0.1) is 6.20 Å². The number of aromatic nitrogens is 1. The Labute approximate surface area is 47.2 Å². The van der Waals surface area contributed by atoms with Crippen molar-refractivity contribution in [1.29, 1.82) is 0 Å². The van der Waals surface area contributed by atoms with Crippen molar-refractivity contribution >= 4 is 6.29 Å². The Hall–Kier alpha value is -1.18. The van der Waals surface area contributed by atoms with Crippen molar-refractivity contribution in [1.82, 2.24) is 4.98 Å². The number of hydrogen-bond donors (Lipinski definition) is 0. The van der Waals surface area contributed by atoms with E-state index in [-0.39, 0.29) is 0 Å². The van der Waals surface area contributed by atoms with Crippen LogP contribution in [0.25, 0.3) is 0 Å². The summed E-state index contributed by atoms with van der Waals surface area (Å²) in [5, 5.41) is 0. The molecule has 0 unspecified atom stereocenters. The zero-order chi connectivity index (χ0) is 5.82. The highest BCUT2D eigenvalue weighted by Gasteiger charge is 1.81. The number of carbonyl (C=O) groups excluding carboxylic acids is 1. The Kier molecular flexibility index (Phi) is 1.37. The van der Waals surface area contributed by atoms with Crippen molar-refractivity contribution in [3.05, 3.63) is 30.1 Å². The maximum atomic E-state index is 9.96. The van der Waals surface area contributed by atoms with Crippen molar-refractivity contribution in [2.75, 3.05) is 0 Å². The van der Waals surface area contributed by atoms with Gasteiger partial charge in [0.15, 0.2) is 0 Å². The summed E-state index contributed by atoms with van der Waals surface area (Å²) in [6.45, 7) is 0. The molecule has 0 bridgehead atoms. The molecule has 1 radical (unpaired) electrons. The molecule has 1 aromatic heterocycles. The zero-order valence-electron chi connectivity index (χ0n) is 4.16. The second-order valence-electron chi connectivity index (χ2n) is 1.34. The van der Waals surface area contributed by atoms with Gasteiger partial charge < -0.3 is 0 Å². The van der Waals surface area contributed by atoms with Gasteiger partial charge in [-0.1, -0.05) is 0 Å². The first-order valence-electron chi connectivity index (χ1n) is 2.21. The average Bonchev–Trinajstić information content (AvgIpc) is 1.90. The highest BCUT2D eigenvalue weighted by molar-refractivity contribution is 5.73. The molecule has 8 heavy (non-hydrogen) atoms. The molecular formula is C6H4NO. The van der Waals surface area contributed by atoms with Gasteiger partial charge in [-0.2, -0.15) is 0 Å². The van der Waals surface area contributed by atoms with Crippen LogP contribution in [-0.2, 0) is 0 Å². The van der Waals surface area contributed by atoms with Crippen LogP contribution in [0, 0.1) is 6.20 Å². The summed E-state index contributed by atoms with van der Waals surface area (Å²) in [7, 11) is 0. The molecule has 1 aromatic rings. The van der Waals surface area contributed by atoms with E-state index < -0.39 is 0 Å². The van der Waals surface area contributed by atoms with E-state index >= 15 is 0 Å². The van der Waals surface area contributed by atoms with Gasteiger partial charge in [-0.3, -0.25) is 9.78 Å². The molecule has 0 N–H and O–H groups in total. The molecule has 0 fully saturated rings. The van der Waals surface area contributed by atoms with Crippen LogP contribution < -0.4 is 0 Å². The SMILES string of the molecule is O=Cc1c[c]ncc1. The van der Waals surface area contributed by atoms with Crippen LogP contribution in [0.2, 0.25) is 0 Å². The molecule has 1 rings (SSSR count). The minimum absolute atomic E-state index is 0.611. The van der Waals surface area contributed by atoms with E-state index in [4.69, 9.17) is 0 Å². The number of aldehydes is 1. The largest absolute Gasteiger partial charge is 0.298 e. The number of carbonyl (C=O) groups is 1. The molecule has 2 nitrogen and oxygen atoms in total. The van der Waals surface area contributed by atoms with Gasteiger partial charge in [0.1, 0.15) is 6.29 Å². The Balaban J connectivity index is 2.99. The lowest BCUT2D eigenvalue weighted by atomic mass is 10.3. The maximum Gasteiger partial charge on any atom is 0.150 e. The monoisotopic (exact) mass is 106 g/mol. The highest BCUT2D eigenvalue weighted by atomic mass is 16.1. The second-order valence-corrected chi connectivity index (χ2v) is 1.34. The van der Waals surface area contributed by atoms with E-state index in [1.54, 1.807) is 6.07 Å². The van der Waals surface area contributed by atoms with Gasteiger partial charge in [-0.15, -0.1) is 0 Å². The molecule has 0 aromatic carbocycles. The molecule has 0 saturated heterocycles. The Bertz CT molecular complexity index is 171. The van der Waals surface area contributed by atoms with Crippen molar-refractivity contribution in [2.45, 2.75) is 0 Å².